The summed E-state index contributed by atoms with van der Waals surface area (Å²) in [5.41, 5.74) is 1.59. The number of methoxy groups -OCH3 is 1. The Balaban J connectivity index is 1.83. The lowest BCUT2D eigenvalue weighted by atomic mass is 10.1. The summed E-state index contributed by atoms with van der Waals surface area (Å²) in [5, 5.41) is 14.1. The molecule has 0 spiro atoms. The number of nitro groups is 1. The number of rotatable bonds is 7. The Hall–Kier alpha value is -3.59. The molecule has 1 N–H and O–H groups in total. The first-order valence-corrected chi connectivity index (χ1v) is 9.43. The molecular formula is C20H17N3O5S. The minimum absolute atomic E-state index is 0.0262. The van der Waals surface area contributed by atoms with Crippen molar-refractivity contribution in [3.05, 3.63) is 75.2 Å². The zero-order valence-electron chi connectivity index (χ0n) is 15.5. The number of benzene rings is 2. The van der Waals surface area contributed by atoms with Gasteiger partial charge in [-0.2, -0.15) is 0 Å². The van der Waals surface area contributed by atoms with E-state index < -0.39 is 16.8 Å². The van der Waals surface area contributed by atoms with Crippen molar-refractivity contribution in [3.8, 4) is 11.3 Å². The van der Waals surface area contributed by atoms with E-state index in [1.807, 2.05) is 30.3 Å². The van der Waals surface area contributed by atoms with E-state index in [-0.39, 0.29) is 18.5 Å². The maximum atomic E-state index is 12.4. The molecule has 0 aliphatic heterocycles. The van der Waals surface area contributed by atoms with Crippen LogP contribution >= 0.6 is 11.3 Å². The van der Waals surface area contributed by atoms with Crippen LogP contribution in [0.25, 0.3) is 11.3 Å². The van der Waals surface area contributed by atoms with Gasteiger partial charge in [-0.3, -0.25) is 19.7 Å². The van der Waals surface area contributed by atoms with Crippen LogP contribution in [0.1, 0.15) is 10.4 Å². The molecule has 3 rings (SSSR count). The zero-order valence-corrected chi connectivity index (χ0v) is 16.3. The SMILES string of the molecule is COC(=O)Cc1sc(NC(=O)Cc2ccccc2[N+](=O)[O-])nc1-c1ccccc1. The fraction of sp³-hybridized carbons (Fsp3) is 0.150. The average molecular weight is 411 g/mol. The van der Waals surface area contributed by atoms with E-state index in [1.165, 1.54) is 30.6 Å². The van der Waals surface area contributed by atoms with Crippen LogP contribution in [0.2, 0.25) is 0 Å². The van der Waals surface area contributed by atoms with Gasteiger partial charge in [0.25, 0.3) is 5.69 Å². The van der Waals surface area contributed by atoms with Gasteiger partial charge in [0.05, 0.1) is 30.6 Å². The van der Waals surface area contributed by atoms with Crippen molar-refractivity contribution >= 4 is 34.0 Å². The number of carbonyl (C=O) groups is 2. The second-order valence-electron chi connectivity index (χ2n) is 6.02. The highest BCUT2D eigenvalue weighted by Gasteiger charge is 2.19. The van der Waals surface area contributed by atoms with Gasteiger partial charge in [0.2, 0.25) is 5.91 Å². The summed E-state index contributed by atoms with van der Waals surface area (Å²) < 4.78 is 4.74. The molecule has 0 bridgehead atoms. The van der Waals surface area contributed by atoms with E-state index in [0.29, 0.717) is 21.3 Å². The molecule has 0 atom stereocenters. The van der Waals surface area contributed by atoms with Crippen molar-refractivity contribution in [1.29, 1.82) is 0 Å². The number of nitro benzene ring substituents is 1. The number of para-hydroxylation sites is 1. The van der Waals surface area contributed by atoms with Gasteiger partial charge in [0.1, 0.15) is 0 Å². The van der Waals surface area contributed by atoms with E-state index >= 15 is 0 Å². The summed E-state index contributed by atoms with van der Waals surface area (Å²) in [5.74, 6) is -0.846. The van der Waals surface area contributed by atoms with Gasteiger partial charge in [-0.15, -0.1) is 11.3 Å². The van der Waals surface area contributed by atoms with Crippen LogP contribution in [0, 0.1) is 10.1 Å². The van der Waals surface area contributed by atoms with E-state index in [1.54, 1.807) is 12.1 Å². The molecule has 29 heavy (non-hydrogen) atoms. The number of nitrogens with zero attached hydrogens (tertiary/aromatic N) is 2. The number of hydrogen-bond acceptors (Lipinski definition) is 7. The highest BCUT2D eigenvalue weighted by atomic mass is 32.1. The number of nitrogens with one attached hydrogen (secondary N) is 1. The van der Waals surface area contributed by atoms with Crippen LogP contribution < -0.4 is 5.32 Å². The van der Waals surface area contributed by atoms with E-state index in [4.69, 9.17) is 4.74 Å². The Morgan fingerprint density at radius 3 is 2.48 bits per heavy atom. The van der Waals surface area contributed by atoms with Crippen LogP contribution in [-0.4, -0.2) is 28.9 Å². The lowest BCUT2D eigenvalue weighted by molar-refractivity contribution is -0.385. The van der Waals surface area contributed by atoms with Crippen molar-refractivity contribution in [2.24, 2.45) is 0 Å². The lowest BCUT2D eigenvalue weighted by Gasteiger charge is -2.03. The number of anilines is 1. The third-order valence-electron chi connectivity index (χ3n) is 4.06. The maximum Gasteiger partial charge on any atom is 0.310 e. The van der Waals surface area contributed by atoms with Gasteiger partial charge < -0.3 is 10.1 Å². The standard InChI is InChI=1S/C20H17N3O5S/c1-28-18(25)12-16-19(13-7-3-2-4-8-13)22-20(29-16)21-17(24)11-14-9-5-6-10-15(14)23(26)27/h2-10H,11-12H2,1H3,(H,21,22,24). The molecule has 0 unspecified atom stereocenters. The molecule has 0 radical (unpaired) electrons. The largest absolute Gasteiger partial charge is 0.469 e. The van der Waals surface area contributed by atoms with Gasteiger partial charge in [0.15, 0.2) is 5.13 Å². The van der Waals surface area contributed by atoms with Crippen LogP contribution in [0.4, 0.5) is 10.8 Å². The highest BCUT2D eigenvalue weighted by molar-refractivity contribution is 7.16. The lowest BCUT2D eigenvalue weighted by Crippen LogP contribution is -2.15. The summed E-state index contributed by atoms with van der Waals surface area (Å²) in [6.07, 6.45) is -0.137. The first kappa shape index (κ1) is 20.2. The van der Waals surface area contributed by atoms with Gasteiger partial charge in [-0.05, 0) is 0 Å². The van der Waals surface area contributed by atoms with Crippen LogP contribution in [0.5, 0.6) is 0 Å². The number of ether oxygens (including phenoxy) is 1. The summed E-state index contributed by atoms with van der Waals surface area (Å²) in [6, 6.07) is 15.4. The number of carbonyl (C=O) groups excluding carboxylic acids is 2. The fourth-order valence-electron chi connectivity index (χ4n) is 2.72. The molecule has 0 fully saturated rings. The Kier molecular flexibility index (Phi) is 6.30. The third kappa shape index (κ3) is 5.02. The summed E-state index contributed by atoms with van der Waals surface area (Å²) >= 11 is 1.17. The number of hydrogen-bond donors (Lipinski definition) is 1. The molecule has 9 heteroatoms. The number of thiazole rings is 1. The Bertz CT molecular complexity index is 1050. The second kappa shape index (κ2) is 9.07. The predicted molar refractivity (Wildman–Crippen MR) is 109 cm³/mol. The van der Waals surface area contributed by atoms with E-state index in [9.17, 15) is 19.7 Å². The number of aromatic nitrogens is 1. The topological polar surface area (TPSA) is 111 Å². The van der Waals surface area contributed by atoms with Gasteiger partial charge in [-0.1, -0.05) is 48.5 Å². The predicted octanol–water partition coefficient (Wildman–Crippen LogP) is 3.62. The number of esters is 1. The quantitative estimate of drug-likeness (QED) is 0.361. The molecular weight excluding hydrogens is 394 g/mol. The molecule has 0 saturated carbocycles. The summed E-state index contributed by atoms with van der Waals surface area (Å²) in [7, 11) is 1.31. The maximum absolute atomic E-state index is 12.4. The molecule has 8 nitrogen and oxygen atoms in total. The summed E-state index contributed by atoms with van der Waals surface area (Å²) in [4.78, 5) is 39.9. The van der Waals surface area contributed by atoms with Crippen molar-refractivity contribution in [2.75, 3.05) is 12.4 Å². The molecule has 2 aromatic carbocycles. The molecule has 1 heterocycles. The first-order valence-electron chi connectivity index (χ1n) is 8.62. The molecule has 0 aliphatic rings. The van der Waals surface area contributed by atoms with E-state index in [0.717, 1.165) is 5.56 Å². The minimum Gasteiger partial charge on any atom is -0.469 e. The second-order valence-corrected chi connectivity index (χ2v) is 7.10. The van der Waals surface area contributed by atoms with Crippen molar-refractivity contribution in [1.82, 2.24) is 4.98 Å². The fourth-order valence-corrected chi connectivity index (χ4v) is 3.71. The zero-order chi connectivity index (χ0) is 20.8. The molecule has 0 aliphatic carbocycles. The molecule has 1 amide bonds. The Morgan fingerprint density at radius 2 is 1.79 bits per heavy atom. The van der Waals surface area contributed by atoms with Gasteiger partial charge in [-0.25, -0.2) is 4.98 Å². The third-order valence-corrected chi connectivity index (χ3v) is 5.03. The molecule has 3 aromatic rings. The van der Waals surface area contributed by atoms with E-state index in [2.05, 4.69) is 10.3 Å². The highest BCUT2D eigenvalue weighted by Crippen LogP contribution is 2.32. The first-order chi connectivity index (χ1) is 14.0. The van der Waals surface area contributed by atoms with Gasteiger partial charge >= 0.3 is 5.97 Å². The smallest absolute Gasteiger partial charge is 0.310 e. The average Bonchev–Trinajstić information content (AvgIpc) is 3.10. The van der Waals surface area contributed by atoms with Gasteiger partial charge in [0, 0.05) is 22.1 Å². The van der Waals surface area contributed by atoms with Crippen molar-refractivity contribution < 1.29 is 19.2 Å². The van der Waals surface area contributed by atoms with Crippen LogP contribution in [-0.2, 0) is 27.2 Å². The van der Waals surface area contributed by atoms with Crippen LogP contribution in [0.15, 0.2) is 54.6 Å². The van der Waals surface area contributed by atoms with Crippen LogP contribution in [0.3, 0.4) is 0 Å². The molecule has 0 saturated heterocycles. The normalized spacial score (nSPS) is 10.4. The van der Waals surface area contributed by atoms with Crippen molar-refractivity contribution in [3.63, 3.8) is 0 Å². The monoisotopic (exact) mass is 411 g/mol. The summed E-state index contributed by atoms with van der Waals surface area (Å²) in [6.45, 7) is 0. The minimum atomic E-state index is -0.520. The van der Waals surface area contributed by atoms with Crippen molar-refractivity contribution in [2.45, 2.75) is 12.8 Å². The Labute approximate surface area is 170 Å². The molecule has 1 aromatic heterocycles. The molecule has 148 valence electrons. The number of amides is 1. The Morgan fingerprint density at radius 1 is 1.10 bits per heavy atom.